The summed E-state index contributed by atoms with van der Waals surface area (Å²) in [7, 11) is 0. The first-order valence-corrected chi connectivity index (χ1v) is 9.92. The molecule has 0 aliphatic carbocycles. The third-order valence-electron chi connectivity index (χ3n) is 5.81. The van der Waals surface area contributed by atoms with E-state index in [0.29, 0.717) is 17.4 Å². The van der Waals surface area contributed by atoms with E-state index in [1.54, 1.807) is 19.3 Å². The van der Waals surface area contributed by atoms with E-state index in [0.717, 1.165) is 17.2 Å². The molecule has 0 saturated heterocycles. The van der Waals surface area contributed by atoms with Crippen LogP contribution in [-0.2, 0) is 12.0 Å². The molecule has 11 heteroatoms. The third-order valence-corrected chi connectivity index (χ3v) is 5.81. The van der Waals surface area contributed by atoms with Crippen LogP contribution in [-0.4, -0.2) is 33.5 Å². The fraction of sp³-hybridized carbons (Fsp3) is 0.364. The molecule has 3 heterocycles. The fourth-order valence-electron chi connectivity index (χ4n) is 4.32. The fourth-order valence-corrected chi connectivity index (χ4v) is 4.32. The molecule has 0 saturated carbocycles. The van der Waals surface area contributed by atoms with Crippen molar-refractivity contribution >= 4 is 5.69 Å². The van der Waals surface area contributed by atoms with Crippen molar-refractivity contribution in [3.05, 3.63) is 77.3 Å². The third kappa shape index (κ3) is 3.73. The second-order valence-corrected chi connectivity index (χ2v) is 8.12. The highest BCUT2D eigenvalue weighted by Gasteiger charge is 2.71. The number of hydrogen-bond acceptors (Lipinski definition) is 5. The van der Waals surface area contributed by atoms with E-state index in [-0.39, 0.29) is 18.0 Å². The molecule has 1 N–H and O–H groups in total. The Kier molecular flexibility index (Phi) is 5.43. The van der Waals surface area contributed by atoms with Crippen LogP contribution in [0.2, 0.25) is 0 Å². The lowest BCUT2D eigenvalue weighted by atomic mass is 9.90. The SMILES string of the molecule is Cc1cncc(C(c2cocn2)N2c3ccc(C(O)(C(F)(F)F)C(F)(F)F)cc3CC2C)c1. The molecule has 1 aliphatic rings. The molecule has 4 rings (SSSR count). The van der Waals surface area contributed by atoms with Gasteiger partial charge in [-0.1, -0.05) is 18.2 Å². The molecule has 176 valence electrons. The van der Waals surface area contributed by atoms with Crippen molar-refractivity contribution in [2.45, 2.75) is 50.3 Å². The zero-order valence-electron chi connectivity index (χ0n) is 17.4. The first-order valence-electron chi connectivity index (χ1n) is 9.92. The Balaban J connectivity index is 1.84. The molecule has 2 unspecified atom stereocenters. The van der Waals surface area contributed by atoms with E-state index in [9.17, 15) is 31.4 Å². The van der Waals surface area contributed by atoms with Crippen LogP contribution in [0.25, 0.3) is 0 Å². The first-order chi connectivity index (χ1) is 15.3. The van der Waals surface area contributed by atoms with Crippen molar-refractivity contribution in [1.82, 2.24) is 9.97 Å². The highest BCUT2D eigenvalue weighted by molar-refractivity contribution is 5.63. The Morgan fingerprint density at radius 3 is 2.36 bits per heavy atom. The maximum absolute atomic E-state index is 13.4. The molecule has 0 radical (unpaired) electrons. The molecular weight excluding hydrogens is 452 g/mol. The Hall–Kier alpha value is -3.08. The molecule has 0 amide bonds. The van der Waals surface area contributed by atoms with E-state index in [1.807, 2.05) is 17.9 Å². The lowest BCUT2D eigenvalue weighted by Crippen LogP contribution is -2.53. The molecule has 1 aliphatic heterocycles. The standard InChI is InChI=1S/C22H19F6N3O2/c1-12-5-15(9-29-8-12)19(17-10-33-11-30-17)31-13(2)6-14-7-16(3-4-18(14)31)20(32,21(23,24)25)22(26,27)28/h3-5,7-11,13,19,32H,6H2,1-2H3. The normalized spacial score (nSPS) is 17.8. The number of nitrogens with zero attached hydrogens (tertiary/aromatic N) is 3. The van der Waals surface area contributed by atoms with Crippen molar-refractivity contribution in [1.29, 1.82) is 0 Å². The summed E-state index contributed by atoms with van der Waals surface area (Å²) in [6.07, 6.45) is -5.77. The van der Waals surface area contributed by atoms with E-state index < -0.39 is 29.6 Å². The maximum atomic E-state index is 13.4. The molecule has 2 aromatic heterocycles. The number of benzene rings is 1. The first kappa shape index (κ1) is 23.1. The Labute approximate surface area is 184 Å². The van der Waals surface area contributed by atoms with Gasteiger partial charge in [0.2, 0.25) is 0 Å². The van der Waals surface area contributed by atoms with E-state index >= 15 is 0 Å². The van der Waals surface area contributed by atoms with Gasteiger partial charge >= 0.3 is 12.4 Å². The monoisotopic (exact) mass is 471 g/mol. The van der Waals surface area contributed by atoms with Gasteiger partial charge in [0.05, 0.1) is 0 Å². The van der Waals surface area contributed by atoms with Gasteiger partial charge in [-0.15, -0.1) is 0 Å². The molecule has 0 bridgehead atoms. The number of aliphatic hydroxyl groups is 1. The summed E-state index contributed by atoms with van der Waals surface area (Å²) in [5.41, 5.74) is -3.46. The van der Waals surface area contributed by atoms with Crippen LogP contribution in [0.5, 0.6) is 0 Å². The number of aromatic nitrogens is 2. The Morgan fingerprint density at radius 2 is 1.79 bits per heavy atom. The lowest BCUT2D eigenvalue weighted by Gasteiger charge is -2.34. The summed E-state index contributed by atoms with van der Waals surface area (Å²) < 4.78 is 85.3. The number of fused-ring (bicyclic) bond motifs is 1. The van der Waals surface area contributed by atoms with E-state index in [1.165, 1.54) is 18.7 Å². The van der Waals surface area contributed by atoms with E-state index in [4.69, 9.17) is 4.42 Å². The number of oxazole rings is 1. The average Bonchev–Trinajstić information content (AvgIpc) is 3.34. The zero-order chi connectivity index (χ0) is 24.2. The predicted octanol–water partition coefficient (Wildman–Crippen LogP) is 5.23. The number of aryl methyl sites for hydroxylation is 1. The number of hydrogen-bond donors (Lipinski definition) is 1. The van der Waals surface area contributed by atoms with Crippen molar-refractivity contribution in [3.8, 4) is 0 Å². The summed E-state index contributed by atoms with van der Waals surface area (Å²) in [4.78, 5) is 10.3. The highest BCUT2D eigenvalue weighted by Crippen LogP contribution is 2.51. The smallest absolute Gasteiger partial charge is 0.430 e. The van der Waals surface area contributed by atoms with Gasteiger partial charge in [-0.05, 0) is 43.0 Å². The summed E-state index contributed by atoms with van der Waals surface area (Å²) in [6, 6.07) is 3.65. The average molecular weight is 471 g/mol. The van der Waals surface area contributed by atoms with Gasteiger partial charge in [0.1, 0.15) is 18.0 Å². The number of alkyl halides is 6. The van der Waals surface area contributed by atoms with Crippen molar-refractivity contribution in [3.63, 3.8) is 0 Å². The van der Waals surface area contributed by atoms with Crippen molar-refractivity contribution in [2.24, 2.45) is 0 Å². The van der Waals surface area contributed by atoms with Gasteiger partial charge in [0.25, 0.3) is 5.60 Å². The molecule has 2 atom stereocenters. The van der Waals surface area contributed by atoms with Crippen LogP contribution in [0.3, 0.4) is 0 Å². The van der Waals surface area contributed by atoms with Gasteiger partial charge in [0.15, 0.2) is 6.39 Å². The van der Waals surface area contributed by atoms with Crippen LogP contribution < -0.4 is 4.90 Å². The van der Waals surface area contributed by atoms with E-state index in [2.05, 4.69) is 9.97 Å². The quantitative estimate of drug-likeness (QED) is 0.528. The van der Waals surface area contributed by atoms with Crippen LogP contribution in [0.4, 0.5) is 32.0 Å². The summed E-state index contributed by atoms with van der Waals surface area (Å²) in [6.45, 7) is 3.65. The van der Waals surface area contributed by atoms with Crippen molar-refractivity contribution < 1.29 is 35.9 Å². The molecule has 33 heavy (non-hydrogen) atoms. The second-order valence-electron chi connectivity index (χ2n) is 8.12. The summed E-state index contributed by atoms with van der Waals surface area (Å²) in [5, 5.41) is 9.79. The van der Waals surface area contributed by atoms with Gasteiger partial charge in [-0.2, -0.15) is 26.3 Å². The molecule has 0 fully saturated rings. The highest BCUT2D eigenvalue weighted by atomic mass is 19.4. The maximum Gasteiger partial charge on any atom is 0.430 e. The zero-order valence-corrected chi connectivity index (χ0v) is 17.4. The molecular formula is C22H19F6N3O2. The Bertz CT molecular complexity index is 1130. The summed E-state index contributed by atoms with van der Waals surface area (Å²) in [5.74, 6) is 0. The number of anilines is 1. The van der Waals surface area contributed by atoms with Gasteiger partial charge in [-0.3, -0.25) is 4.98 Å². The minimum absolute atomic E-state index is 0.169. The van der Waals surface area contributed by atoms with Crippen LogP contribution in [0.15, 0.2) is 53.7 Å². The largest absolute Gasteiger partial charge is 0.451 e. The van der Waals surface area contributed by atoms with Crippen LogP contribution in [0, 0.1) is 6.92 Å². The number of rotatable bonds is 4. The van der Waals surface area contributed by atoms with Gasteiger partial charge in [0, 0.05) is 29.7 Å². The summed E-state index contributed by atoms with van der Waals surface area (Å²) >= 11 is 0. The van der Waals surface area contributed by atoms with Gasteiger partial charge < -0.3 is 14.4 Å². The molecule has 5 nitrogen and oxygen atoms in total. The predicted molar refractivity (Wildman–Crippen MR) is 105 cm³/mol. The van der Waals surface area contributed by atoms with Crippen LogP contribution >= 0.6 is 0 Å². The van der Waals surface area contributed by atoms with Gasteiger partial charge in [-0.25, -0.2) is 4.98 Å². The molecule has 1 aromatic carbocycles. The minimum atomic E-state index is -5.94. The number of pyridine rings is 1. The molecule has 0 spiro atoms. The van der Waals surface area contributed by atoms with Crippen LogP contribution in [0.1, 0.15) is 40.9 Å². The minimum Gasteiger partial charge on any atom is -0.451 e. The molecule has 3 aromatic rings. The second kappa shape index (κ2) is 7.75. The van der Waals surface area contributed by atoms with Crippen molar-refractivity contribution in [2.75, 3.05) is 4.90 Å². The lowest BCUT2D eigenvalue weighted by molar-refractivity contribution is -0.376. The topological polar surface area (TPSA) is 62.4 Å². The Morgan fingerprint density at radius 1 is 1.09 bits per heavy atom. The number of halogens is 6.